The van der Waals surface area contributed by atoms with Crippen LogP contribution in [0.3, 0.4) is 0 Å². The maximum Gasteiger partial charge on any atom is 0.328 e. The van der Waals surface area contributed by atoms with Crippen LogP contribution in [0.4, 0.5) is 16.2 Å². The van der Waals surface area contributed by atoms with Gasteiger partial charge in [-0.2, -0.15) is 0 Å². The van der Waals surface area contributed by atoms with Crippen molar-refractivity contribution in [3.63, 3.8) is 0 Å². The normalized spacial score (nSPS) is 16.4. The predicted octanol–water partition coefficient (Wildman–Crippen LogP) is 2.32. The fourth-order valence-corrected chi connectivity index (χ4v) is 2.93. The number of urea groups is 1. The van der Waals surface area contributed by atoms with Gasteiger partial charge in [0.1, 0.15) is 17.4 Å². The summed E-state index contributed by atoms with van der Waals surface area (Å²) in [5.74, 6) is -1.11. The summed E-state index contributed by atoms with van der Waals surface area (Å²) in [7, 11) is 3.02. The monoisotopic (exact) mass is 383 g/mol. The van der Waals surface area contributed by atoms with Crippen LogP contribution in [0, 0.1) is 12.8 Å². The molecule has 3 rings (SSSR count). The molecule has 0 bridgehead atoms. The van der Waals surface area contributed by atoms with Crippen LogP contribution >= 0.6 is 0 Å². The predicted molar refractivity (Wildman–Crippen MR) is 104 cm³/mol. The minimum atomic E-state index is -1.06. The van der Waals surface area contributed by atoms with E-state index in [1.807, 2.05) is 13.0 Å². The smallest absolute Gasteiger partial charge is 0.328 e. The van der Waals surface area contributed by atoms with Crippen molar-refractivity contribution in [2.24, 2.45) is 5.92 Å². The Morgan fingerprint density at radius 1 is 1.11 bits per heavy atom. The highest BCUT2D eigenvalue weighted by Crippen LogP contribution is 2.27. The summed E-state index contributed by atoms with van der Waals surface area (Å²) >= 11 is 0. The molecule has 1 fully saturated rings. The van der Waals surface area contributed by atoms with Crippen LogP contribution in [-0.4, -0.2) is 38.6 Å². The zero-order valence-corrected chi connectivity index (χ0v) is 15.8. The summed E-state index contributed by atoms with van der Waals surface area (Å²) in [5, 5.41) is 5.31. The first-order valence-corrected chi connectivity index (χ1v) is 8.66. The third-order valence-corrected chi connectivity index (χ3v) is 4.44. The van der Waals surface area contributed by atoms with Gasteiger partial charge in [-0.3, -0.25) is 9.59 Å². The van der Waals surface area contributed by atoms with Crippen LogP contribution < -0.4 is 25.0 Å². The number of benzene rings is 2. The second-order valence-electron chi connectivity index (χ2n) is 6.30. The van der Waals surface area contributed by atoms with Gasteiger partial charge in [-0.1, -0.05) is 6.07 Å². The van der Waals surface area contributed by atoms with Crippen molar-refractivity contribution in [1.29, 1.82) is 0 Å². The summed E-state index contributed by atoms with van der Waals surface area (Å²) in [6.45, 7) is 1.80. The number of carbonyl (C=O) groups is 3. The van der Waals surface area contributed by atoms with Gasteiger partial charge < -0.3 is 20.1 Å². The van der Waals surface area contributed by atoms with E-state index in [2.05, 4.69) is 10.6 Å². The van der Waals surface area contributed by atoms with E-state index in [0.29, 0.717) is 22.9 Å². The standard InChI is InChI=1S/C20H21N3O5/c1-12-4-9-17(28-3)16(10-12)22-18(24)15-11-21-20(26)23(19(15)25)13-5-7-14(27-2)8-6-13/h4-10,15H,11H2,1-3H3,(H,21,26)(H,22,24). The van der Waals surface area contributed by atoms with Crippen molar-refractivity contribution in [2.45, 2.75) is 6.92 Å². The van der Waals surface area contributed by atoms with Crippen molar-refractivity contribution >= 4 is 29.2 Å². The molecule has 8 heteroatoms. The Kier molecular flexibility index (Phi) is 5.49. The minimum absolute atomic E-state index is 0.0791. The molecule has 4 amide bonds. The molecule has 2 aromatic carbocycles. The van der Waals surface area contributed by atoms with E-state index in [1.54, 1.807) is 36.4 Å². The van der Waals surface area contributed by atoms with Gasteiger partial charge in [0.25, 0.3) is 0 Å². The first kappa shape index (κ1) is 19.2. The molecule has 0 aromatic heterocycles. The molecular weight excluding hydrogens is 362 g/mol. The fourth-order valence-electron chi connectivity index (χ4n) is 2.93. The number of imide groups is 1. The number of nitrogens with zero attached hydrogens (tertiary/aromatic N) is 1. The Labute approximate surface area is 162 Å². The Balaban J connectivity index is 1.82. The topological polar surface area (TPSA) is 97.0 Å². The highest BCUT2D eigenvalue weighted by atomic mass is 16.5. The molecular formula is C20H21N3O5. The van der Waals surface area contributed by atoms with Crippen molar-refractivity contribution < 1.29 is 23.9 Å². The minimum Gasteiger partial charge on any atom is -0.497 e. The molecule has 0 radical (unpaired) electrons. The Bertz CT molecular complexity index is 911. The van der Waals surface area contributed by atoms with Crippen LogP contribution in [0.1, 0.15) is 5.56 Å². The summed E-state index contributed by atoms with van der Waals surface area (Å²) in [6.07, 6.45) is 0. The largest absolute Gasteiger partial charge is 0.497 e. The third-order valence-electron chi connectivity index (χ3n) is 4.44. The van der Waals surface area contributed by atoms with Crippen molar-refractivity contribution in [3.05, 3.63) is 48.0 Å². The Morgan fingerprint density at radius 2 is 1.82 bits per heavy atom. The van der Waals surface area contributed by atoms with E-state index in [4.69, 9.17) is 9.47 Å². The number of carbonyl (C=O) groups excluding carboxylic acids is 3. The third kappa shape index (κ3) is 3.75. The van der Waals surface area contributed by atoms with Crippen molar-refractivity contribution in [2.75, 3.05) is 31.0 Å². The van der Waals surface area contributed by atoms with E-state index in [1.165, 1.54) is 14.2 Å². The molecule has 1 heterocycles. The zero-order chi connectivity index (χ0) is 20.3. The number of amides is 4. The molecule has 2 N–H and O–H groups in total. The summed E-state index contributed by atoms with van der Waals surface area (Å²) in [6, 6.07) is 11.2. The second kappa shape index (κ2) is 7.99. The van der Waals surface area contributed by atoms with Crippen molar-refractivity contribution in [3.8, 4) is 11.5 Å². The second-order valence-corrected chi connectivity index (χ2v) is 6.30. The molecule has 1 saturated heterocycles. The SMILES string of the molecule is COc1ccc(N2C(=O)NCC(C(=O)Nc3cc(C)ccc3OC)C2=O)cc1. The molecule has 28 heavy (non-hydrogen) atoms. The molecule has 0 spiro atoms. The molecule has 1 unspecified atom stereocenters. The van der Waals surface area contributed by atoms with E-state index in [0.717, 1.165) is 10.5 Å². The number of anilines is 2. The molecule has 8 nitrogen and oxygen atoms in total. The summed E-state index contributed by atoms with van der Waals surface area (Å²) in [4.78, 5) is 38.8. The lowest BCUT2D eigenvalue weighted by Crippen LogP contribution is -2.58. The fraction of sp³-hybridized carbons (Fsp3) is 0.250. The number of nitrogens with one attached hydrogen (secondary N) is 2. The number of ether oxygens (including phenoxy) is 2. The molecule has 146 valence electrons. The zero-order valence-electron chi connectivity index (χ0n) is 15.8. The lowest BCUT2D eigenvalue weighted by molar-refractivity contribution is -0.130. The number of rotatable bonds is 5. The van der Waals surface area contributed by atoms with E-state index < -0.39 is 23.8 Å². The van der Waals surface area contributed by atoms with Gasteiger partial charge >= 0.3 is 6.03 Å². The van der Waals surface area contributed by atoms with Crippen LogP contribution in [0.15, 0.2) is 42.5 Å². The van der Waals surface area contributed by atoms with Gasteiger partial charge in [0.2, 0.25) is 11.8 Å². The average molecular weight is 383 g/mol. The number of methoxy groups -OCH3 is 2. The maximum atomic E-state index is 12.9. The van der Waals surface area contributed by atoms with Crippen LogP contribution in [-0.2, 0) is 9.59 Å². The first-order chi connectivity index (χ1) is 13.4. The average Bonchev–Trinajstić information content (AvgIpc) is 2.68. The van der Waals surface area contributed by atoms with Crippen LogP contribution in [0.5, 0.6) is 11.5 Å². The van der Waals surface area contributed by atoms with Crippen LogP contribution in [0.25, 0.3) is 0 Å². The maximum absolute atomic E-state index is 12.9. The number of aryl methyl sites for hydroxylation is 1. The van der Waals surface area contributed by atoms with Gasteiger partial charge in [0, 0.05) is 6.54 Å². The van der Waals surface area contributed by atoms with E-state index in [-0.39, 0.29) is 6.54 Å². The van der Waals surface area contributed by atoms with Gasteiger partial charge in [0.05, 0.1) is 25.6 Å². The Hall–Kier alpha value is -3.55. The lowest BCUT2D eigenvalue weighted by atomic mass is 10.0. The molecule has 1 atom stereocenters. The lowest BCUT2D eigenvalue weighted by Gasteiger charge is -2.30. The van der Waals surface area contributed by atoms with Gasteiger partial charge in [-0.25, -0.2) is 9.69 Å². The quantitative estimate of drug-likeness (QED) is 0.773. The number of hydrogen-bond donors (Lipinski definition) is 2. The highest BCUT2D eigenvalue weighted by Gasteiger charge is 2.39. The molecule has 1 aliphatic rings. The van der Waals surface area contributed by atoms with Gasteiger partial charge in [-0.15, -0.1) is 0 Å². The summed E-state index contributed by atoms with van der Waals surface area (Å²) in [5.41, 5.74) is 1.75. The van der Waals surface area contributed by atoms with Gasteiger partial charge in [0.15, 0.2) is 0 Å². The molecule has 0 saturated carbocycles. The molecule has 0 aliphatic carbocycles. The summed E-state index contributed by atoms with van der Waals surface area (Å²) < 4.78 is 10.3. The Morgan fingerprint density at radius 3 is 2.46 bits per heavy atom. The first-order valence-electron chi connectivity index (χ1n) is 8.66. The number of hydrogen-bond acceptors (Lipinski definition) is 5. The van der Waals surface area contributed by atoms with Crippen molar-refractivity contribution in [1.82, 2.24) is 5.32 Å². The van der Waals surface area contributed by atoms with E-state index >= 15 is 0 Å². The molecule has 2 aromatic rings. The highest BCUT2D eigenvalue weighted by molar-refractivity contribution is 6.23. The van der Waals surface area contributed by atoms with Gasteiger partial charge in [-0.05, 0) is 48.9 Å². The van der Waals surface area contributed by atoms with Crippen LogP contribution in [0.2, 0.25) is 0 Å². The van der Waals surface area contributed by atoms with E-state index in [9.17, 15) is 14.4 Å². The molecule has 1 aliphatic heterocycles.